The van der Waals surface area contributed by atoms with Crippen LogP contribution in [0.1, 0.15) is 32.6 Å². The van der Waals surface area contributed by atoms with Crippen LogP contribution in [0.15, 0.2) is 29.3 Å². The lowest BCUT2D eigenvalue weighted by atomic mass is 10.2. The number of carbonyl (C=O) groups is 1. The normalized spacial score (nSPS) is 13.9. The molecule has 1 aromatic carbocycles. The second-order valence-corrected chi connectivity index (χ2v) is 6.40. The van der Waals surface area contributed by atoms with Crippen LogP contribution < -0.4 is 20.3 Å². The highest BCUT2D eigenvalue weighted by atomic mass is 16.5. The maximum atomic E-state index is 12.1. The quantitative estimate of drug-likeness (QED) is 0.352. The Balaban J connectivity index is 1.63. The molecular weight excluding hydrogens is 344 g/mol. The third kappa shape index (κ3) is 7.09. The summed E-state index contributed by atoms with van der Waals surface area (Å²) in [5, 5.41) is 6.57. The van der Waals surface area contributed by atoms with E-state index in [0.29, 0.717) is 6.54 Å². The summed E-state index contributed by atoms with van der Waals surface area (Å²) in [5.41, 5.74) is 0.847. The van der Waals surface area contributed by atoms with Gasteiger partial charge < -0.3 is 25.0 Å². The molecule has 0 saturated heterocycles. The van der Waals surface area contributed by atoms with Gasteiger partial charge in [0.2, 0.25) is 0 Å². The van der Waals surface area contributed by atoms with Gasteiger partial charge in [0.15, 0.2) is 12.6 Å². The molecule has 0 spiro atoms. The van der Waals surface area contributed by atoms with Crippen LogP contribution in [0.5, 0.6) is 5.75 Å². The predicted octanol–water partition coefficient (Wildman–Crippen LogP) is 2.17. The van der Waals surface area contributed by atoms with E-state index >= 15 is 0 Å². The van der Waals surface area contributed by atoms with Crippen LogP contribution in [0.3, 0.4) is 0 Å². The Hall–Kier alpha value is -2.28. The lowest BCUT2D eigenvalue weighted by Gasteiger charge is -2.29. The Bertz CT molecular complexity index is 607. The number of guanidine groups is 1. The van der Waals surface area contributed by atoms with E-state index in [0.717, 1.165) is 69.4 Å². The first-order valence-corrected chi connectivity index (χ1v) is 9.80. The van der Waals surface area contributed by atoms with Crippen LogP contribution >= 0.6 is 0 Å². The summed E-state index contributed by atoms with van der Waals surface area (Å²) in [7, 11) is 1.76. The summed E-state index contributed by atoms with van der Waals surface area (Å²) in [6, 6.07) is 7.65. The number of hydrogen-bond donors (Lipinski definition) is 2. The smallest absolute Gasteiger partial charge is 0.265 e. The van der Waals surface area contributed by atoms with E-state index < -0.39 is 0 Å². The van der Waals surface area contributed by atoms with Gasteiger partial charge in [-0.15, -0.1) is 0 Å². The molecule has 1 aromatic rings. The molecule has 0 aromatic heterocycles. The number of benzene rings is 1. The molecule has 0 saturated carbocycles. The number of aliphatic imine (C=N–C) groups is 1. The van der Waals surface area contributed by atoms with Crippen LogP contribution in [0.25, 0.3) is 0 Å². The lowest BCUT2D eigenvalue weighted by molar-refractivity contribution is -0.121. The molecule has 1 heterocycles. The van der Waals surface area contributed by atoms with E-state index in [9.17, 15) is 4.79 Å². The van der Waals surface area contributed by atoms with Gasteiger partial charge in [-0.2, -0.15) is 0 Å². The number of fused-ring (bicyclic) bond motifs is 1. The number of rotatable bonds is 11. The number of ether oxygens (including phenoxy) is 2. The summed E-state index contributed by atoms with van der Waals surface area (Å²) in [6.45, 7) is 6.08. The van der Waals surface area contributed by atoms with Crippen LogP contribution in [0, 0.1) is 0 Å². The van der Waals surface area contributed by atoms with Gasteiger partial charge in [-0.3, -0.25) is 9.79 Å². The predicted molar refractivity (Wildman–Crippen MR) is 109 cm³/mol. The second kappa shape index (κ2) is 12.2. The molecule has 0 radical (unpaired) electrons. The minimum Gasteiger partial charge on any atom is -0.482 e. The Kier molecular flexibility index (Phi) is 9.48. The average molecular weight is 377 g/mol. The van der Waals surface area contributed by atoms with Crippen molar-refractivity contribution in [3.63, 3.8) is 0 Å². The zero-order chi connectivity index (χ0) is 19.3. The van der Waals surface area contributed by atoms with Crippen LogP contribution in [0.2, 0.25) is 0 Å². The molecule has 27 heavy (non-hydrogen) atoms. The molecule has 1 aliphatic rings. The molecule has 2 rings (SSSR count). The van der Waals surface area contributed by atoms with Crippen LogP contribution in [-0.2, 0) is 9.53 Å². The maximum absolute atomic E-state index is 12.1. The topological polar surface area (TPSA) is 75.2 Å². The zero-order valence-corrected chi connectivity index (χ0v) is 16.5. The largest absolute Gasteiger partial charge is 0.482 e. The van der Waals surface area contributed by atoms with Gasteiger partial charge in [-0.1, -0.05) is 25.5 Å². The van der Waals surface area contributed by atoms with Gasteiger partial charge in [-0.25, -0.2) is 0 Å². The summed E-state index contributed by atoms with van der Waals surface area (Å²) in [4.78, 5) is 18.2. The van der Waals surface area contributed by atoms with Gasteiger partial charge >= 0.3 is 0 Å². The number of unbranched alkanes of at least 4 members (excludes halogenated alkanes) is 1. The van der Waals surface area contributed by atoms with Crippen molar-refractivity contribution in [2.24, 2.45) is 4.99 Å². The molecule has 0 bridgehead atoms. The molecule has 7 heteroatoms. The van der Waals surface area contributed by atoms with E-state index in [1.54, 1.807) is 11.9 Å². The van der Waals surface area contributed by atoms with Crippen molar-refractivity contribution in [2.75, 3.05) is 51.4 Å². The summed E-state index contributed by atoms with van der Waals surface area (Å²) in [5.74, 6) is 1.54. The average Bonchev–Trinajstić information content (AvgIpc) is 2.70. The Morgan fingerprint density at radius 2 is 1.93 bits per heavy atom. The SMILES string of the molecule is CCCCOCCCNC(=NC)NCCCN1C(=O)COc2ccccc21. The fourth-order valence-electron chi connectivity index (χ4n) is 2.79. The van der Waals surface area contributed by atoms with Crippen molar-refractivity contribution in [3.05, 3.63) is 24.3 Å². The van der Waals surface area contributed by atoms with Gasteiger partial charge in [0, 0.05) is 39.9 Å². The number of hydrogen-bond acceptors (Lipinski definition) is 4. The Labute approximate surface area is 162 Å². The highest BCUT2D eigenvalue weighted by molar-refractivity contribution is 5.97. The third-order valence-electron chi connectivity index (χ3n) is 4.28. The minimum absolute atomic E-state index is 0.000667. The molecule has 1 amide bonds. The van der Waals surface area contributed by atoms with Crippen molar-refractivity contribution >= 4 is 17.6 Å². The number of nitrogens with one attached hydrogen (secondary N) is 2. The number of carbonyl (C=O) groups excluding carboxylic acids is 1. The van der Waals surface area contributed by atoms with Crippen molar-refractivity contribution in [3.8, 4) is 5.75 Å². The monoisotopic (exact) mass is 376 g/mol. The molecule has 0 atom stereocenters. The fraction of sp³-hybridized carbons (Fsp3) is 0.600. The minimum atomic E-state index is -0.000667. The summed E-state index contributed by atoms with van der Waals surface area (Å²) in [6.07, 6.45) is 4.05. The molecule has 2 N–H and O–H groups in total. The fourth-order valence-corrected chi connectivity index (χ4v) is 2.79. The molecule has 150 valence electrons. The molecule has 7 nitrogen and oxygen atoms in total. The highest BCUT2D eigenvalue weighted by Crippen LogP contribution is 2.31. The first-order chi connectivity index (χ1) is 13.3. The van der Waals surface area contributed by atoms with Crippen molar-refractivity contribution in [2.45, 2.75) is 32.6 Å². The second-order valence-electron chi connectivity index (χ2n) is 6.40. The first kappa shape index (κ1) is 21.0. The first-order valence-electron chi connectivity index (χ1n) is 9.80. The maximum Gasteiger partial charge on any atom is 0.265 e. The number of amides is 1. The van der Waals surface area contributed by atoms with Gasteiger partial charge in [0.1, 0.15) is 5.75 Å². The molecule has 1 aliphatic heterocycles. The van der Waals surface area contributed by atoms with Gasteiger partial charge in [0.25, 0.3) is 5.91 Å². The Morgan fingerprint density at radius 3 is 2.70 bits per heavy atom. The summed E-state index contributed by atoms with van der Waals surface area (Å²) < 4.78 is 11.0. The van der Waals surface area contributed by atoms with E-state index in [1.165, 1.54) is 0 Å². The number of para-hydroxylation sites is 2. The molecular formula is C20H32N4O3. The van der Waals surface area contributed by atoms with Gasteiger partial charge in [-0.05, 0) is 31.4 Å². The van der Waals surface area contributed by atoms with Gasteiger partial charge in [0.05, 0.1) is 5.69 Å². The van der Waals surface area contributed by atoms with E-state index in [-0.39, 0.29) is 12.5 Å². The molecule has 0 fully saturated rings. The lowest BCUT2D eigenvalue weighted by Crippen LogP contribution is -2.42. The third-order valence-corrected chi connectivity index (χ3v) is 4.28. The number of nitrogens with zero attached hydrogens (tertiary/aromatic N) is 2. The van der Waals surface area contributed by atoms with Crippen LogP contribution in [-0.4, -0.2) is 58.4 Å². The van der Waals surface area contributed by atoms with Crippen molar-refractivity contribution in [1.29, 1.82) is 0 Å². The Morgan fingerprint density at radius 1 is 1.19 bits per heavy atom. The zero-order valence-electron chi connectivity index (χ0n) is 16.5. The molecule has 0 unspecified atom stereocenters. The highest BCUT2D eigenvalue weighted by Gasteiger charge is 2.24. The van der Waals surface area contributed by atoms with E-state index in [1.807, 2.05) is 24.3 Å². The number of anilines is 1. The van der Waals surface area contributed by atoms with Crippen LogP contribution in [0.4, 0.5) is 5.69 Å². The standard InChI is InChI=1S/C20H32N4O3/c1-3-4-14-26-15-8-12-23-20(21-2)22-11-7-13-24-17-9-5-6-10-18(17)27-16-19(24)25/h5-6,9-10H,3-4,7-8,11-16H2,1-2H3,(H2,21,22,23). The molecule has 0 aliphatic carbocycles. The van der Waals surface area contributed by atoms with E-state index in [2.05, 4.69) is 22.5 Å². The van der Waals surface area contributed by atoms with E-state index in [4.69, 9.17) is 9.47 Å². The van der Waals surface area contributed by atoms with Crippen molar-refractivity contribution in [1.82, 2.24) is 10.6 Å². The van der Waals surface area contributed by atoms with Crippen molar-refractivity contribution < 1.29 is 14.3 Å². The summed E-state index contributed by atoms with van der Waals surface area (Å²) >= 11 is 0.